The summed E-state index contributed by atoms with van der Waals surface area (Å²) < 4.78 is 0. The van der Waals surface area contributed by atoms with Gasteiger partial charge in [0.2, 0.25) is 0 Å². The molecule has 2 heterocycles. The Morgan fingerprint density at radius 1 is 1.69 bits per heavy atom. The van der Waals surface area contributed by atoms with Crippen molar-refractivity contribution in [3.05, 3.63) is 16.6 Å². The summed E-state index contributed by atoms with van der Waals surface area (Å²) >= 11 is 1.72. The first-order valence-corrected chi connectivity index (χ1v) is 5.61. The molecule has 0 radical (unpaired) electrons. The van der Waals surface area contributed by atoms with E-state index < -0.39 is 0 Å². The number of nitrogens with two attached hydrogens (primary N) is 1. The van der Waals surface area contributed by atoms with Crippen molar-refractivity contribution in [3.8, 4) is 0 Å². The first-order valence-electron chi connectivity index (χ1n) is 4.73. The van der Waals surface area contributed by atoms with Gasteiger partial charge in [-0.1, -0.05) is 0 Å². The van der Waals surface area contributed by atoms with Gasteiger partial charge in [-0.15, -0.1) is 11.3 Å². The Balaban J connectivity index is 2.11. The van der Waals surface area contributed by atoms with Gasteiger partial charge in [-0.25, -0.2) is 0 Å². The summed E-state index contributed by atoms with van der Waals surface area (Å²) in [6.07, 6.45) is 4.44. The molecule has 3 nitrogen and oxygen atoms in total. The Kier molecular flexibility index (Phi) is 2.93. The van der Waals surface area contributed by atoms with E-state index in [0.717, 1.165) is 13.1 Å². The van der Waals surface area contributed by atoms with Crippen LogP contribution in [0.4, 0.5) is 0 Å². The number of hydrogen-bond donors (Lipinski definition) is 2. The molecule has 1 aromatic heterocycles. The number of hydrogen-bond acceptors (Lipinski definition) is 4. The number of nitrogens with one attached hydrogen (secondary N) is 1. The average molecular weight is 197 g/mol. The number of rotatable bonds is 2. The molecule has 2 atom stereocenters. The highest BCUT2D eigenvalue weighted by atomic mass is 32.1. The minimum absolute atomic E-state index is 0.450. The summed E-state index contributed by atoms with van der Waals surface area (Å²) in [6, 6.07) is 0.450. The van der Waals surface area contributed by atoms with Crippen LogP contribution in [0, 0.1) is 5.92 Å². The van der Waals surface area contributed by atoms with Crippen molar-refractivity contribution in [2.24, 2.45) is 11.7 Å². The molecule has 13 heavy (non-hydrogen) atoms. The fourth-order valence-corrected chi connectivity index (χ4v) is 2.71. The zero-order valence-corrected chi connectivity index (χ0v) is 8.39. The smallest absolute Gasteiger partial charge is 0.0794 e. The zero-order chi connectivity index (χ0) is 9.10. The van der Waals surface area contributed by atoms with Crippen molar-refractivity contribution in [1.29, 1.82) is 0 Å². The van der Waals surface area contributed by atoms with Gasteiger partial charge in [0.15, 0.2) is 0 Å². The standard InChI is InChI=1S/C9H15N3S/c10-4-7-2-1-3-12-9(7)8-5-11-6-13-8/h5-7,9,12H,1-4,10H2/t7-,9+/m1/s1. The average Bonchev–Trinajstić information content (AvgIpc) is 2.70. The molecule has 0 aliphatic carbocycles. The van der Waals surface area contributed by atoms with Crippen molar-refractivity contribution in [2.45, 2.75) is 18.9 Å². The van der Waals surface area contributed by atoms with Crippen LogP contribution in [0.15, 0.2) is 11.7 Å². The van der Waals surface area contributed by atoms with Crippen LogP contribution >= 0.6 is 11.3 Å². The van der Waals surface area contributed by atoms with Crippen molar-refractivity contribution in [1.82, 2.24) is 10.3 Å². The monoisotopic (exact) mass is 197 g/mol. The Bertz CT molecular complexity index is 247. The first kappa shape index (κ1) is 9.12. The highest BCUT2D eigenvalue weighted by molar-refractivity contribution is 7.09. The van der Waals surface area contributed by atoms with Crippen molar-refractivity contribution < 1.29 is 0 Å². The van der Waals surface area contributed by atoms with Gasteiger partial charge in [0, 0.05) is 17.1 Å². The lowest BCUT2D eigenvalue weighted by Crippen LogP contribution is -2.37. The summed E-state index contributed by atoms with van der Waals surface area (Å²) in [5.74, 6) is 0.592. The van der Waals surface area contributed by atoms with Gasteiger partial charge in [0.05, 0.1) is 5.51 Å². The van der Waals surface area contributed by atoms with Crippen LogP contribution in [0.25, 0.3) is 0 Å². The van der Waals surface area contributed by atoms with Gasteiger partial charge >= 0.3 is 0 Å². The Labute approximate surface area is 82.4 Å². The number of thiazole rings is 1. The topological polar surface area (TPSA) is 50.9 Å². The molecule has 0 unspecified atom stereocenters. The summed E-state index contributed by atoms with van der Waals surface area (Å²) in [7, 11) is 0. The third-order valence-electron chi connectivity index (χ3n) is 2.65. The van der Waals surface area contributed by atoms with Crippen LogP contribution in [-0.2, 0) is 0 Å². The fraction of sp³-hybridized carbons (Fsp3) is 0.667. The second-order valence-corrected chi connectivity index (χ2v) is 4.39. The molecule has 1 fully saturated rings. The first-order chi connectivity index (χ1) is 6.42. The molecular formula is C9H15N3S. The lowest BCUT2D eigenvalue weighted by Gasteiger charge is -2.30. The lowest BCUT2D eigenvalue weighted by molar-refractivity contribution is 0.294. The highest BCUT2D eigenvalue weighted by Gasteiger charge is 2.25. The summed E-state index contributed by atoms with van der Waals surface area (Å²) in [6.45, 7) is 1.88. The van der Waals surface area contributed by atoms with E-state index in [0.29, 0.717) is 12.0 Å². The number of piperidine rings is 1. The SMILES string of the molecule is NC[C@H]1CCCN[C@@H]1c1cncs1. The van der Waals surface area contributed by atoms with Crippen LogP contribution in [-0.4, -0.2) is 18.1 Å². The van der Waals surface area contributed by atoms with Crippen molar-refractivity contribution >= 4 is 11.3 Å². The summed E-state index contributed by atoms with van der Waals surface area (Å²) in [5, 5.41) is 3.51. The van der Waals surface area contributed by atoms with Crippen LogP contribution < -0.4 is 11.1 Å². The van der Waals surface area contributed by atoms with E-state index in [9.17, 15) is 0 Å². The van der Waals surface area contributed by atoms with E-state index in [1.54, 1.807) is 11.3 Å². The number of aromatic nitrogens is 1. The molecule has 1 aliphatic heterocycles. The van der Waals surface area contributed by atoms with Crippen molar-refractivity contribution in [2.75, 3.05) is 13.1 Å². The molecule has 3 N–H and O–H groups in total. The third kappa shape index (κ3) is 1.90. The zero-order valence-electron chi connectivity index (χ0n) is 7.57. The van der Waals surface area contributed by atoms with E-state index in [4.69, 9.17) is 5.73 Å². The van der Waals surface area contributed by atoms with E-state index in [-0.39, 0.29) is 0 Å². The molecule has 0 saturated carbocycles. The van der Waals surface area contributed by atoms with Gasteiger partial charge in [-0.3, -0.25) is 4.98 Å². The molecule has 0 spiro atoms. The largest absolute Gasteiger partial charge is 0.330 e. The lowest BCUT2D eigenvalue weighted by atomic mass is 9.90. The van der Waals surface area contributed by atoms with E-state index >= 15 is 0 Å². The molecule has 0 amide bonds. The van der Waals surface area contributed by atoms with Crippen LogP contribution in [0.1, 0.15) is 23.8 Å². The van der Waals surface area contributed by atoms with Gasteiger partial charge in [0.1, 0.15) is 0 Å². The molecule has 4 heteroatoms. The van der Waals surface area contributed by atoms with Crippen LogP contribution in [0.2, 0.25) is 0 Å². The van der Waals surface area contributed by atoms with E-state index in [1.807, 2.05) is 11.7 Å². The second-order valence-electron chi connectivity index (χ2n) is 3.47. The molecule has 1 saturated heterocycles. The maximum Gasteiger partial charge on any atom is 0.0794 e. The van der Waals surface area contributed by atoms with E-state index in [1.165, 1.54) is 17.7 Å². The maximum absolute atomic E-state index is 5.74. The van der Waals surface area contributed by atoms with Gasteiger partial charge < -0.3 is 11.1 Å². The summed E-state index contributed by atoms with van der Waals surface area (Å²) in [5.41, 5.74) is 7.63. The molecule has 0 aromatic carbocycles. The minimum atomic E-state index is 0.450. The predicted octanol–water partition coefficient (Wildman–Crippen LogP) is 1.14. The predicted molar refractivity (Wildman–Crippen MR) is 54.6 cm³/mol. The molecule has 0 bridgehead atoms. The van der Waals surface area contributed by atoms with E-state index in [2.05, 4.69) is 10.3 Å². The minimum Gasteiger partial charge on any atom is -0.330 e. The summed E-state index contributed by atoms with van der Waals surface area (Å²) in [4.78, 5) is 5.43. The molecular weight excluding hydrogens is 182 g/mol. The number of nitrogens with zero attached hydrogens (tertiary/aromatic N) is 1. The van der Waals surface area contributed by atoms with Crippen molar-refractivity contribution in [3.63, 3.8) is 0 Å². The highest BCUT2D eigenvalue weighted by Crippen LogP contribution is 2.30. The molecule has 1 aliphatic rings. The fourth-order valence-electron chi connectivity index (χ4n) is 1.92. The maximum atomic E-state index is 5.74. The molecule has 1 aromatic rings. The molecule has 72 valence electrons. The Hall–Kier alpha value is -0.450. The van der Waals surface area contributed by atoms with Gasteiger partial charge in [0.25, 0.3) is 0 Å². The Morgan fingerprint density at radius 2 is 2.62 bits per heavy atom. The van der Waals surface area contributed by atoms with Crippen LogP contribution in [0.5, 0.6) is 0 Å². The Morgan fingerprint density at radius 3 is 3.31 bits per heavy atom. The third-order valence-corrected chi connectivity index (χ3v) is 3.51. The van der Waals surface area contributed by atoms with Gasteiger partial charge in [-0.05, 0) is 31.8 Å². The molecule has 2 rings (SSSR count). The quantitative estimate of drug-likeness (QED) is 0.747. The normalized spacial score (nSPS) is 29.0. The van der Waals surface area contributed by atoms with Crippen LogP contribution in [0.3, 0.4) is 0 Å². The van der Waals surface area contributed by atoms with Gasteiger partial charge in [-0.2, -0.15) is 0 Å². The second kappa shape index (κ2) is 4.17.